The molecular weight excluding hydrogens is 486 g/mol. The maximum atomic E-state index is 13.0. The van der Waals surface area contributed by atoms with Gasteiger partial charge in [-0.3, -0.25) is 14.4 Å². The van der Waals surface area contributed by atoms with E-state index in [2.05, 4.69) is 20.8 Å². The Bertz CT molecular complexity index is 1060. The highest BCUT2D eigenvalue weighted by atomic mass is 35.5. The molecule has 2 heterocycles. The molecule has 1 aromatic heterocycles. The molecule has 1 aliphatic rings. The molecule has 1 aromatic carbocycles. The fraction of sp³-hybridized carbons (Fsp3) is 0.560. The van der Waals surface area contributed by atoms with E-state index in [9.17, 15) is 14.4 Å². The van der Waals surface area contributed by atoms with Gasteiger partial charge in [-0.2, -0.15) is 4.98 Å². The van der Waals surface area contributed by atoms with Gasteiger partial charge in [0, 0.05) is 37.4 Å². The van der Waals surface area contributed by atoms with Gasteiger partial charge in [0.2, 0.25) is 17.7 Å². The van der Waals surface area contributed by atoms with Gasteiger partial charge >= 0.3 is 0 Å². The molecule has 1 aliphatic heterocycles. The number of carbonyl (C=O) groups is 3. The van der Waals surface area contributed by atoms with Crippen LogP contribution in [0, 0.1) is 5.92 Å². The third-order valence-corrected chi connectivity index (χ3v) is 6.20. The molecule has 0 fully saturated rings. The normalized spacial score (nSPS) is 17.9. The van der Waals surface area contributed by atoms with Crippen LogP contribution in [-0.2, 0) is 22.4 Å². The van der Waals surface area contributed by atoms with Gasteiger partial charge in [0.15, 0.2) is 5.82 Å². The van der Waals surface area contributed by atoms with E-state index in [0.717, 1.165) is 0 Å². The highest BCUT2D eigenvalue weighted by Gasteiger charge is 2.23. The van der Waals surface area contributed by atoms with E-state index in [4.69, 9.17) is 20.9 Å². The van der Waals surface area contributed by atoms with Crippen molar-refractivity contribution in [3.05, 3.63) is 40.5 Å². The summed E-state index contributed by atoms with van der Waals surface area (Å²) in [7, 11) is 0. The van der Waals surface area contributed by atoms with Crippen molar-refractivity contribution in [2.24, 2.45) is 5.92 Å². The van der Waals surface area contributed by atoms with Gasteiger partial charge < -0.3 is 24.8 Å². The lowest BCUT2D eigenvalue weighted by Crippen LogP contribution is -2.48. The Morgan fingerprint density at radius 3 is 2.81 bits per heavy atom. The molecule has 10 nitrogen and oxygen atoms in total. The van der Waals surface area contributed by atoms with Crippen molar-refractivity contribution in [2.45, 2.75) is 58.9 Å². The largest absolute Gasteiger partial charge is 0.491 e. The zero-order valence-electron chi connectivity index (χ0n) is 21.0. The average Bonchev–Trinajstić information content (AvgIpc) is 3.32. The van der Waals surface area contributed by atoms with Crippen LogP contribution in [0.4, 0.5) is 0 Å². The number of hydrogen-bond donors (Lipinski definition) is 2. The van der Waals surface area contributed by atoms with Crippen molar-refractivity contribution in [1.82, 2.24) is 25.7 Å². The number of amides is 3. The predicted octanol–water partition coefficient (Wildman–Crippen LogP) is 2.79. The molecule has 11 heteroatoms. The Balaban J connectivity index is 1.71. The van der Waals surface area contributed by atoms with E-state index in [1.54, 1.807) is 23.1 Å². The second-order valence-electron chi connectivity index (χ2n) is 9.11. The molecule has 36 heavy (non-hydrogen) atoms. The fourth-order valence-electron chi connectivity index (χ4n) is 3.74. The summed E-state index contributed by atoms with van der Waals surface area (Å²) in [5.41, 5.74) is 0.343. The number of aryl methyl sites for hydroxylation is 2. The number of hydrogen-bond acceptors (Lipinski definition) is 7. The lowest BCUT2D eigenvalue weighted by molar-refractivity contribution is -0.136. The quantitative estimate of drug-likeness (QED) is 0.621. The molecule has 0 spiro atoms. The molecule has 0 saturated carbocycles. The van der Waals surface area contributed by atoms with E-state index < -0.39 is 0 Å². The second kappa shape index (κ2) is 13.2. The van der Waals surface area contributed by atoms with Crippen LogP contribution in [0.15, 0.2) is 22.7 Å². The fourth-order valence-corrected chi connectivity index (χ4v) is 3.91. The number of ether oxygens (including phenoxy) is 1. The van der Waals surface area contributed by atoms with Crippen molar-refractivity contribution in [3.63, 3.8) is 0 Å². The maximum absolute atomic E-state index is 13.0. The average molecular weight is 520 g/mol. The minimum atomic E-state index is -0.322. The standard InChI is InChI=1S/C25H34ClN5O5/c1-4-21-29-23(36-30-21)9-10-24(33)31-12-6-5-11-27-25(34)18-13-17(26)7-8-20(18)35-15-19(16(2)3)28-22(32)14-31/h7-8,13,16,19H,4-6,9-12,14-15H2,1-3H3,(H,27,34)(H,28,32)/t19-/m0/s1. The summed E-state index contributed by atoms with van der Waals surface area (Å²) < 4.78 is 11.1. The molecule has 3 amide bonds. The third kappa shape index (κ3) is 7.94. The summed E-state index contributed by atoms with van der Waals surface area (Å²) in [4.78, 5) is 44.5. The zero-order chi connectivity index (χ0) is 26.1. The van der Waals surface area contributed by atoms with Crippen molar-refractivity contribution in [2.75, 3.05) is 26.2 Å². The van der Waals surface area contributed by atoms with E-state index >= 15 is 0 Å². The van der Waals surface area contributed by atoms with E-state index in [1.165, 1.54) is 0 Å². The molecule has 2 aromatic rings. The number of rotatable bonds is 5. The summed E-state index contributed by atoms with van der Waals surface area (Å²) in [6, 6.07) is 4.56. The number of halogens is 1. The van der Waals surface area contributed by atoms with Gasteiger partial charge in [-0.1, -0.05) is 37.5 Å². The molecule has 0 aliphatic carbocycles. The van der Waals surface area contributed by atoms with Crippen LogP contribution in [0.3, 0.4) is 0 Å². The molecule has 0 unspecified atom stereocenters. The first kappa shape index (κ1) is 27.4. The van der Waals surface area contributed by atoms with Crippen LogP contribution in [0.25, 0.3) is 0 Å². The first-order valence-electron chi connectivity index (χ1n) is 12.4. The number of aromatic nitrogens is 2. The maximum Gasteiger partial charge on any atom is 0.255 e. The highest BCUT2D eigenvalue weighted by Crippen LogP contribution is 2.24. The minimum absolute atomic E-state index is 0.0589. The Morgan fingerprint density at radius 1 is 1.28 bits per heavy atom. The van der Waals surface area contributed by atoms with Crippen LogP contribution in [0.2, 0.25) is 5.02 Å². The van der Waals surface area contributed by atoms with Gasteiger partial charge in [-0.05, 0) is 37.0 Å². The van der Waals surface area contributed by atoms with E-state index in [-0.39, 0.29) is 49.3 Å². The number of carbonyl (C=O) groups excluding carboxylic acids is 3. The Labute approximate surface area is 216 Å². The van der Waals surface area contributed by atoms with Crippen molar-refractivity contribution >= 4 is 29.3 Å². The number of fused-ring (bicyclic) bond motifs is 1. The van der Waals surface area contributed by atoms with Crippen molar-refractivity contribution in [1.29, 1.82) is 0 Å². The molecule has 3 rings (SSSR count). The Morgan fingerprint density at radius 2 is 2.08 bits per heavy atom. The molecule has 1 atom stereocenters. The number of nitrogens with zero attached hydrogens (tertiary/aromatic N) is 3. The lowest BCUT2D eigenvalue weighted by Gasteiger charge is -2.26. The number of nitrogens with one attached hydrogen (secondary N) is 2. The lowest BCUT2D eigenvalue weighted by atomic mass is 10.1. The van der Waals surface area contributed by atoms with E-state index in [0.29, 0.717) is 66.8 Å². The monoisotopic (exact) mass is 519 g/mol. The van der Waals surface area contributed by atoms with Gasteiger partial charge in [-0.15, -0.1) is 0 Å². The van der Waals surface area contributed by atoms with Gasteiger partial charge in [0.25, 0.3) is 5.91 Å². The topological polar surface area (TPSA) is 127 Å². The summed E-state index contributed by atoms with van der Waals surface area (Å²) in [5.74, 6) is 0.735. The smallest absolute Gasteiger partial charge is 0.255 e. The highest BCUT2D eigenvalue weighted by molar-refractivity contribution is 6.31. The summed E-state index contributed by atoms with van der Waals surface area (Å²) in [5, 5.41) is 10.2. The molecule has 0 radical (unpaired) electrons. The van der Waals surface area contributed by atoms with Gasteiger partial charge in [0.1, 0.15) is 12.4 Å². The van der Waals surface area contributed by atoms with Gasteiger partial charge in [-0.25, -0.2) is 0 Å². The van der Waals surface area contributed by atoms with E-state index in [1.807, 2.05) is 20.8 Å². The molecule has 196 valence electrons. The minimum Gasteiger partial charge on any atom is -0.491 e. The Kier molecular flexibility index (Phi) is 10.1. The Hall–Kier alpha value is -3.14. The van der Waals surface area contributed by atoms with Crippen molar-refractivity contribution < 1.29 is 23.6 Å². The van der Waals surface area contributed by atoms with Crippen LogP contribution >= 0.6 is 11.6 Å². The molecular formula is C25H34ClN5O5. The predicted molar refractivity (Wildman–Crippen MR) is 134 cm³/mol. The SMILES string of the molecule is CCc1noc(CCC(=O)N2CCCCNC(=O)c3cc(Cl)ccc3OC[C@@H](C(C)C)NC(=O)C2)n1. The first-order chi connectivity index (χ1) is 17.3. The van der Waals surface area contributed by atoms with Gasteiger partial charge in [0.05, 0.1) is 18.2 Å². The van der Waals surface area contributed by atoms with Crippen LogP contribution in [0.1, 0.15) is 62.1 Å². The summed E-state index contributed by atoms with van der Waals surface area (Å²) in [6.07, 6.45) is 2.36. The molecule has 0 saturated heterocycles. The van der Waals surface area contributed by atoms with Crippen LogP contribution < -0.4 is 15.4 Å². The third-order valence-electron chi connectivity index (χ3n) is 5.96. The van der Waals surface area contributed by atoms with Crippen LogP contribution in [0.5, 0.6) is 5.75 Å². The summed E-state index contributed by atoms with van der Waals surface area (Å²) in [6.45, 7) is 6.76. The van der Waals surface area contributed by atoms with Crippen molar-refractivity contribution in [3.8, 4) is 5.75 Å². The molecule has 0 bridgehead atoms. The summed E-state index contributed by atoms with van der Waals surface area (Å²) >= 11 is 6.11. The van der Waals surface area contributed by atoms with Crippen LogP contribution in [-0.4, -0.2) is 65.0 Å². The number of benzene rings is 1. The first-order valence-corrected chi connectivity index (χ1v) is 12.7. The zero-order valence-corrected chi connectivity index (χ0v) is 21.8. The second-order valence-corrected chi connectivity index (χ2v) is 9.54. The molecule has 2 N–H and O–H groups in total.